The second kappa shape index (κ2) is 17.8. The largest absolute Gasteiger partial charge is 0.370 e. The molecule has 0 spiro atoms. The molecule has 8 heteroatoms. The number of hydrogen-bond donors (Lipinski definition) is 2. The average Bonchev–Trinajstić information content (AvgIpc) is 3.55. The lowest BCUT2D eigenvalue weighted by molar-refractivity contribution is -0.131. The van der Waals surface area contributed by atoms with Gasteiger partial charge in [0.1, 0.15) is 0 Å². The van der Waals surface area contributed by atoms with Crippen LogP contribution < -0.4 is 11.5 Å². The molecule has 0 fully saturated rings. The van der Waals surface area contributed by atoms with E-state index >= 15 is 0 Å². The van der Waals surface area contributed by atoms with Gasteiger partial charge in [-0.2, -0.15) is 0 Å². The number of nitrogens with two attached hydrogens (primary N) is 2. The molecule has 1 aromatic carbocycles. The van der Waals surface area contributed by atoms with Crippen molar-refractivity contribution in [2.45, 2.75) is 90.9 Å². The van der Waals surface area contributed by atoms with E-state index in [1.807, 2.05) is 29.2 Å². The number of nitrogens with zero attached hydrogens (tertiary/aromatic N) is 2. The highest BCUT2D eigenvalue weighted by Crippen LogP contribution is 2.19. The Morgan fingerprint density at radius 2 is 1.10 bits per heavy atom. The Bertz CT molecular complexity index is 1130. The molecule has 8 nitrogen and oxygen atoms in total. The van der Waals surface area contributed by atoms with E-state index in [9.17, 15) is 19.2 Å². The van der Waals surface area contributed by atoms with Crippen LogP contribution in [0.3, 0.4) is 0 Å². The Morgan fingerprint density at radius 1 is 0.625 bits per heavy atom. The van der Waals surface area contributed by atoms with Crippen molar-refractivity contribution in [3.05, 3.63) is 59.7 Å². The van der Waals surface area contributed by atoms with Crippen molar-refractivity contribution in [3.8, 4) is 0 Å². The molecule has 3 rings (SSSR count). The molecule has 0 atom stereocenters. The minimum Gasteiger partial charge on any atom is -0.370 e. The van der Waals surface area contributed by atoms with Gasteiger partial charge in [-0.15, -0.1) is 0 Å². The Kier molecular flexibility index (Phi) is 14.5. The summed E-state index contributed by atoms with van der Waals surface area (Å²) in [5.41, 5.74) is 12.9. The van der Waals surface area contributed by atoms with Crippen LogP contribution in [0.5, 0.6) is 0 Å². The van der Waals surface area contributed by atoms with Crippen molar-refractivity contribution in [1.82, 2.24) is 9.47 Å². The minimum atomic E-state index is -0.498. The number of carbonyl (C=O) groups excluding carboxylic acids is 4. The van der Waals surface area contributed by atoms with E-state index in [0.717, 1.165) is 49.8 Å². The number of hydrogen-bond acceptors (Lipinski definition) is 4. The van der Waals surface area contributed by atoms with E-state index in [4.69, 9.17) is 11.5 Å². The molecule has 2 bridgehead atoms. The number of fused-ring (bicyclic) bond motifs is 2. The summed E-state index contributed by atoms with van der Waals surface area (Å²) in [6, 6.07) is 13.9. The van der Waals surface area contributed by atoms with Crippen molar-refractivity contribution in [1.29, 1.82) is 0 Å². The van der Waals surface area contributed by atoms with Crippen LogP contribution in [-0.4, -0.2) is 46.2 Å². The lowest BCUT2D eigenvalue weighted by Gasteiger charge is -2.23. The maximum absolute atomic E-state index is 12.3. The smallest absolute Gasteiger partial charge is 0.262 e. The lowest BCUT2D eigenvalue weighted by atomic mass is 10.1. The third-order valence-electron chi connectivity index (χ3n) is 6.97. The first-order chi connectivity index (χ1) is 19.3. The van der Waals surface area contributed by atoms with E-state index in [-0.39, 0.29) is 17.7 Å². The van der Waals surface area contributed by atoms with Crippen molar-refractivity contribution in [3.63, 3.8) is 0 Å². The van der Waals surface area contributed by atoms with Crippen LogP contribution in [0.25, 0.3) is 11.0 Å². The highest BCUT2D eigenvalue weighted by molar-refractivity contribution is 6.03. The molecule has 3 aromatic rings. The third-order valence-corrected chi connectivity index (χ3v) is 6.97. The van der Waals surface area contributed by atoms with Crippen LogP contribution in [0, 0.1) is 0 Å². The highest BCUT2D eigenvalue weighted by atomic mass is 16.2. The van der Waals surface area contributed by atoms with Gasteiger partial charge in [-0.25, -0.2) is 0 Å². The first kappa shape index (κ1) is 32.5. The number of rotatable bonds is 17. The van der Waals surface area contributed by atoms with Crippen LogP contribution in [0.1, 0.15) is 112 Å². The van der Waals surface area contributed by atoms with Crippen LogP contribution in [-0.2, 0) is 9.59 Å². The molecule has 0 unspecified atom stereocenters. The van der Waals surface area contributed by atoms with Crippen molar-refractivity contribution < 1.29 is 19.2 Å². The van der Waals surface area contributed by atoms with Gasteiger partial charge in [0.25, 0.3) is 5.91 Å². The minimum absolute atomic E-state index is 0.106. The first-order valence-electron chi connectivity index (χ1n) is 14.7. The second-order valence-electron chi connectivity index (χ2n) is 10.3. The first-order valence-corrected chi connectivity index (χ1v) is 14.7. The van der Waals surface area contributed by atoms with Gasteiger partial charge in [0.05, 0.1) is 0 Å². The van der Waals surface area contributed by atoms with E-state index in [2.05, 4.69) is 13.8 Å². The normalized spacial score (nSPS) is 10.8. The lowest BCUT2D eigenvalue weighted by Crippen LogP contribution is -2.32. The predicted octanol–water partition coefficient (Wildman–Crippen LogP) is 5.89. The molecule has 0 aliphatic heterocycles. The summed E-state index contributed by atoms with van der Waals surface area (Å²) in [5, 5.41) is 0. The molecule has 40 heavy (non-hydrogen) atoms. The second-order valence-corrected chi connectivity index (χ2v) is 10.3. The molecule has 218 valence electrons. The van der Waals surface area contributed by atoms with Crippen molar-refractivity contribution in [2.75, 3.05) is 13.1 Å². The molecular weight excluding hydrogens is 504 g/mol. The molecule has 0 radical (unpaired) electrons. The van der Waals surface area contributed by atoms with Gasteiger partial charge in [-0.1, -0.05) is 52.4 Å². The maximum Gasteiger partial charge on any atom is 0.262 e. The molecule has 0 saturated carbocycles. The number of unbranched alkanes of at least 4 members (excludes halogenated alkanes) is 7. The van der Waals surface area contributed by atoms with Gasteiger partial charge >= 0.3 is 0 Å². The topological polar surface area (TPSA) is 128 Å². The SMILES string of the molecule is CCCCCCN(CCCCCC)C(=O)CCCCC(N)=O.NC(=O)c1ccc(C(=O)n2c3ccc2cc3)cc1. The van der Waals surface area contributed by atoms with E-state index in [0.29, 0.717) is 24.0 Å². The van der Waals surface area contributed by atoms with Crippen molar-refractivity contribution in [2.24, 2.45) is 11.5 Å². The summed E-state index contributed by atoms with van der Waals surface area (Å²) in [6.45, 7) is 6.18. The zero-order valence-electron chi connectivity index (χ0n) is 24.2. The molecule has 4 N–H and O–H groups in total. The Balaban J connectivity index is 0.000000284. The molecule has 3 amide bonds. The van der Waals surface area contributed by atoms with E-state index in [1.54, 1.807) is 28.8 Å². The van der Waals surface area contributed by atoms with Crippen molar-refractivity contribution >= 4 is 34.7 Å². The molecule has 0 saturated heterocycles. The molecule has 2 aromatic heterocycles. The number of aromatic nitrogens is 1. The highest BCUT2D eigenvalue weighted by Gasteiger charge is 2.14. The summed E-state index contributed by atoms with van der Waals surface area (Å²) >= 11 is 0. The molecular formula is C32H46N4O4. The summed E-state index contributed by atoms with van der Waals surface area (Å²) in [4.78, 5) is 48.3. The van der Waals surface area contributed by atoms with Gasteiger partial charge in [-0.05, 0) is 74.2 Å². The summed E-state index contributed by atoms with van der Waals surface area (Å²) < 4.78 is 1.64. The molecule has 0 aliphatic carbocycles. The van der Waals surface area contributed by atoms with Crippen LogP contribution in [0.4, 0.5) is 0 Å². The Morgan fingerprint density at radius 3 is 1.55 bits per heavy atom. The third kappa shape index (κ3) is 10.8. The van der Waals surface area contributed by atoms with E-state index < -0.39 is 5.91 Å². The molecule has 2 heterocycles. The number of carbonyl (C=O) groups is 4. The van der Waals surface area contributed by atoms with Crippen LogP contribution in [0.2, 0.25) is 0 Å². The predicted molar refractivity (Wildman–Crippen MR) is 160 cm³/mol. The fourth-order valence-corrected chi connectivity index (χ4v) is 4.59. The Labute approximate surface area is 238 Å². The van der Waals surface area contributed by atoms with Gasteiger partial charge in [-0.3, -0.25) is 23.7 Å². The summed E-state index contributed by atoms with van der Waals surface area (Å²) in [6.07, 6.45) is 12.0. The van der Waals surface area contributed by atoms with Gasteiger partial charge in [0.2, 0.25) is 17.7 Å². The number of benzene rings is 2. The quantitative estimate of drug-likeness (QED) is 0.203. The van der Waals surface area contributed by atoms with E-state index in [1.165, 1.54) is 38.5 Å². The summed E-state index contributed by atoms with van der Waals surface area (Å²) in [5.74, 6) is -0.630. The number of primary amides is 2. The van der Waals surface area contributed by atoms with Crippen LogP contribution in [0.15, 0.2) is 48.5 Å². The van der Waals surface area contributed by atoms with Gasteiger partial charge in [0.15, 0.2) is 0 Å². The Hall–Kier alpha value is -3.68. The number of amides is 3. The fourth-order valence-electron chi connectivity index (χ4n) is 4.59. The van der Waals surface area contributed by atoms with Crippen LogP contribution >= 0.6 is 0 Å². The fraction of sp³-hybridized carbons (Fsp3) is 0.500. The zero-order chi connectivity index (χ0) is 29.3. The summed E-state index contributed by atoms with van der Waals surface area (Å²) in [7, 11) is 0. The average molecular weight is 551 g/mol. The molecule has 0 aliphatic rings. The standard InChI is InChI=1S/C18H36N2O2.C14H10N2O2/c1-3-5-7-11-15-20(16-12-8-6-4-2)18(22)14-10-9-13-17(19)21;15-13(17)9-1-3-10(4-2-9)14(18)16-11-5-6-12(16)8-7-11/h3-16H2,1-2H3,(H2,19,21);1-8H,(H2,15,17). The zero-order valence-corrected chi connectivity index (χ0v) is 24.2. The maximum atomic E-state index is 12.3. The van der Waals surface area contributed by atoms with Gasteiger partial charge < -0.3 is 16.4 Å². The monoisotopic (exact) mass is 550 g/mol. The van der Waals surface area contributed by atoms with Gasteiger partial charge in [0, 0.05) is 48.1 Å².